The average Bonchev–Trinajstić information content (AvgIpc) is 3.68. The maximum atomic E-state index is 13.6. The lowest BCUT2D eigenvalue weighted by Crippen LogP contribution is -2.33. The highest BCUT2D eigenvalue weighted by Gasteiger charge is 2.55. The number of pyridine rings is 1. The number of aromatic nitrogens is 4. The molecule has 1 aliphatic heterocycles. The Bertz CT molecular complexity index is 1860. The number of rotatable bonds is 5. The number of aryl methyl sites for hydroxylation is 1. The fraction of sp³-hybridized carbons (Fsp3) is 0.167. The summed E-state index contributed by atoms with van der Waals surface area (Å²) in [6.45, 7) is 4.99. The zero-order valence-corrected chi connectivity index (χ0v) is 22.0. The monoisotopic (exact) mass is 520 g/mol. The molecule has 0 spiro atoms. The SMILES string of the molecule is CCn1c(C)c(C2(c3c(-c4ccc(OC)cc4)nc4sccn34)OC(=O)c3cccnc32)c2ccccc21. The van der Waals surface area contributed by atoms with Crippen molar-refractivity contribution in [1.29, 1.82) is 0 Å². The molecule has 2 aromatic carbocycles. The van der Waals surface area contributed by atoms with Crippen LogP contribution in [0.1, 0.15) is 39.9 Å². The molecule has 4 aromatic heterocycles. The van der Waals surface area contributed by atoms with Crippen molar-refractivity contribution >= 4 is 33.2 Å². The summed E-state index contributed by atoms with van der Waals surface area (Å²) in [7, 11) is 1.65. The minimum absolute atomic E-state index is 0.397. The van der Waals surface area contributed by atoms with Crippen LogP contribution in [0.25, 0.3) is 27.1 Å². The Labute approximate surface area is 222 Å². The summed E-state index contributed by atoms with van der Waals surface area (Å²) < 4.78 is 16.3. The van der Waals surface area contributed by atoms with Gasteiger partial charge in [0.1, 0.15) is 17.1 Å². The number of benzene rings is 2. The van der Waals surface area contributed by atoms with Gasteiger partial charge in [-0.25, -0.2) is 9.78 Å². The van der Waals surface area contributed by atoms with E-state index in [1.54, 1.807) is 25.4 Å². The van der Waals surface area contributed by atoms with Crippen LogP contribution in [0.4, 0.5) is 0 Å². The summed E-state index contributed by atoms with van der Waals surface area (Å²) in [6, 6.07) is 19.6. The number of carbonyl (C=O) groups excluding carboxylic acids is 1. The summed E-state index contributed by atoms with van der Waals surface area (Å²) in [4.78, 5) is 24.3. The number of fused-ring (bicyclic) bond motifs is 3. The normalized spacial score (nSPS) is 16.8. The smallest absolute Gasteiger partial charge is 0.341 e. The van der Waals surface area contributed by atoms with Gasteiger partial charge in [-0.1, -0.05) is 18.2 Å². The predicted octanol–water partition coefficient (Wildman–Crippen LogP) is 6.21. The number of esters is 1. The van der Waals surface area contributed by atoms with Crippen molar-refractivity contribution < 1.29 is 14.3 Å². The van der Waals surface area contributed by atoms with Gasteiger partial charge in [0, 0.05) is 52.0 Å². The van der Waals surface area contributed by atoms with Crippen LogP contribution in [-0.2, 0) is 16.9 Å². The number of imidazole rings is 1. The minimum atomic E-state index is -1.31. The summed E-state index contributed by atoms with van der Waals surface area (Å²) >= 11 is 1.54. The first-order valence-electron chi connectivity index (χ1n) is 12.5. The van der Waals surface area contributed by atoms with Gasteiger partial charge in [-0.3, -0.25) is 9.38 Å². The van der Waals surface area contributed by atoms with E-state index < -0.39 is 11.6 Å². The molecule has 188 valence electrons. The summed E-state index contributed by atoms with van der Waals surface area (Å²) in [6.07, 6.45) is 3.71. The predicted molar refractivity (Wildman–Crippen MR) is 147 cm³/mol. The van der Waals surface area contributed by atoms with Crippen LogP contribution in [0.15, 0.2) is 78.4 Å². The molecular weight excluding hydrogens is 496 g/mol. The first kappa shape index (κ1) is 22.7. The lowest BCUT2D eigenvalue weighted by Gasteiger charge is -2.30. The minimum Gasteiger partial charge on any atom is -0.497 e. The van der Waals surface area contributed by atoms with Gasteiger partial charge >= 0.3 is 5.97 Å². The lowest BCUT2D eigenvalue weighted by atomic mass is 9.82. The largest absolute Gasteiger partial charge is 0.497 e. The number of para-hydroxylation sites is 1. The molecule has 0 saturated heterocycles. The number of methoxy groups -OCH3 is 1. The molecule has 38 heavy (non-hydrogen) atoms. The Morgan fingerprint density at radius 2 is 1.89 bits per heavy atom. The number of ether oxygens (including phenoxy) is 2. The summed E-state index contributed by atoms with van der Waals surface area (Å²) in [5.41, 5.74) is 5.13. The first-order chi connectivity index (χ1) is 18.6. The third-order valence-corrected chi connectivity index (χ3v) is 8.22. The first-order valence-corrected chi connectivity index (χ1v) is 13.3. The Hall–Kier alpha value is -4.43. The quantitative estimate of drug-likeness (QED) is 0.253. The van der Waals surface area contributed by atoms with E-state index in [1.807, 2.05) is 52.4 Å². The van der Waals surface area contributed by atoms with Crippen molar-refractivity contribution in [2.75, 3.05) is 7.11 Å². The molecule has 0 aliphatic carbocycles. The zero-order chi connectivity index (χ0) is 26.0. The lowest BCUT2D eigenvalue weighted by molar-refractivity contribution is 0.0232. The molecule has 0 bridgehead atoms. The second-order valence-corrected chi connectivity index (χ2v) is 10.2. The maximum Gasteiger partial charge on any atom is 0.341 e. The summed E-state index contributed by atoms with van der Waals surface area (Å²) in [5.74, 6) is 0.360. The van der Waals surface area contributed by atoms with Crippen LogP contribution in [0, 0.1) is 6.92 Å². The molecular formula is C30H24N4O3S. The molecule has 0 fully saturated rings. The number of nitrogens with zero attached hydrogens (tertiary/aromatic N) is 4. The van der Waals surface area contributed by atoms with Gasteiger partial charge in [0.15, 0.2) is 4.96 Å². The highest BCUT2D eigenvalue weighted by atomic mass is 32.1. The Balaban J connectivity index is 1.66. The number of cyclic esters (lactones) is 1. The average molecular weight is 521 g/mol. The topological polar surface area (TPSA) is 70.7 Å². The van der Waals surface area contributed by atoms with Gasteiger partial charge in [0.25, 0.3) is 0 Å². The number of hydrogen-bond donors (Lipinski definition) is 0. The van der Waals surface area contributed by atoms with Crippen LogP contribution >= 0.6 is 11.3 Å². The van der Waals surface area contributed by atoms with Gasteiger partial charge in [0.05, 0.1) is 18.4 Å². The zero-order valence-electron chi connectivity index (χ0n) is 21.1. The van der Waals surface area contributed by atoms with Gasteiger partial charge in [-0.15, -0.1) is 11.3 Å². The molecule has 1 aliphatic rings. The van der Waals surface area contributed by atoms with Crippen molar-refractivity contribution in [1.82, 2.24) is 18.9 Å². The standard InChI is InChI=1S/C30H24N4O3S/c1-4-33-18(2)24(21-8-5-6-10-23(21)33)30(26-22(28(35)37-30)9-7-15-31-26)27-25(32-29-34(27)16-17-38-29)19-11-13-20(36-3)14-12-19/h5-17H,4H2,1-3H3. The van der Waals surface area contributed by atoms with Gasteiger partial charge < -0.3 is 14.0 Å². The molecule has 8 heteroatoms. The van der Waals surface area contributed by atoms with E-state index in [2.05, 4.69) is 30.5 Å². The highest BCUT2D eigenvalue weighted by molar-refractivity contribution is 7.15. The second kappa shape index (κ2) is 8.29. The van der Waals surface area contributed by atoms with Crippen LogP contribution in [0.5, 0.6) is 5.75 Å². The van der Waals surface area contributed by atoms with Crippen molar-refractivity contribution in [3.05, 3.63) is 107 Å². The van der Waals surface area contributed by atoms with Crippen LogP contribution in [-0.4, -0.2) is 32.0 Å². The molecule has 1 atom stereocenters. The van der Waals surface area contributed by atoms with E-state index in [-0.39, 0.29) is 0 Å². The van der Waals surface area contributed by atoms with Gasteiger partial charge in [-0.2, -0.15) is 0 Å². The Morgan fingerprint density at radius 1 is 1.08 bits per heavy atom. The van der Waals surface area contributed by atoms with E-state index in [9.17, 15) is 4.79 Å². The van der Waals surface area contributed by atoms with E-state index in [0.29, 0.717) is 11.3 Å². The highest BCUT2D eigenvalue weighted by Crippen LogP contribution is 2.52. The molecule has 0 N–H and O–H groups in total. The fourth-order valence-electron chi connectivity index (χ4n) is 5.90. The maximum absolute atomic E-state index is 13.6. The molecule has 0 radical (unpaired) electrons. The van der Waals surface area contributed by atoms with Crippen LogP contribution in [0.2, 0.25) is 0 Å². The van der Waals surface area contributed by atoms with Crippen molar-refractivity contribution in [2.45, 2.75) is 26.0 Å². The second-order valence-electron chi connectivity index (χ2n) is 9.29. The van der Waals surface area contributed by atoms with Crippen molar-refractivity contribution in [2.24, 2.45) is 0 Å². The fourth-order valence-corrected chi connectivity index (χ4v) is 6.61. The molecule has 6 aromatic rings. The number of carbonyl (C=O) groups is 1. The van der Waals surface area contributed by atoms with Crippen molar-refractivity contribution in [3.8, 4) is 17.0 Å². The van der Waals surface area contributed by atoms with E-state index in [4.69, 9.17) is 19.4 Å². The molecule has 7 nitrogen and oxygen atoms in total. The van der Waals surface area contributed by atoms with Gasteiger partial charge in [-0.05, 0) is 56.3 Å². The molecule has 5 heterocycles. The Morgan fingerprint density at radius 3 is 2.68 bits per heavy atom. The molecule has 7 rings (SSSR count). The van der Waals surface area contributed by atoms with E-state index >= 15 is 0 Å². The van der Waals surface area contributed by atoms with Crippen LogP contribution in [0.3, 0.4) is 0 Å². The van der Waals surface area contributed by atoms with Crippen molar-refractivity contribution in [3.63, 3.8) is 0 Å². The molecule has 0 amide bonds. The van der Waals surface area contributed by atoms with E-state index in [0.717, 1.165) is 56.4 Å². The summed E-state index contributed by atoms with van der Waals surface area (Å²) in [5, 5.41) is 3.01. The van der Waals surface area contributed by atoms with Crippen LogP contribution < -0.4 is 4.74 Å². The number of thiazole rings is 1. The Kier molecular flexibility index (Phi) is 4.96. The third kappa shape index (κ3) is 2.92. The number of hydrogen-bond acceptors (Lipinski definition) is 6. The molecule has 1 unspecified atom stereocenters. The van der Waals surface area contributed by atoms with Gasteiger partial charge in [0.2, 0.25) is 5.60 Å². The van der Waals surface area contributed by atoms with E-state index in [1.165, 1.54) is 11.3 Å². The third-order valence-electron chi connectivity index (χ3n) is 7.47. The molecule has 0 saturated carbocycles.